The van der Waals surface area contributed by atoms with Gasteiger partial charge < -0.3 is 5.32 Å². The fourth-order valence-electron chi connectivity index (χ4n) is 2.09. The van der Waals surface area contributed by atoms with Crippen LogP contribution in [-0.2, 0) is 13.0 Å². The topological polar surface area (TPSA) is 12.0 Å². The lowest BCUT2D eigenvalue weighted by Crippen LogP contribution is -2.00. The molecule has 1 radical (unpaired) electrons. The zero-order valence-corrected chi connectivity index (χ0v) is 11.7. The van der Waals surface area contributed by atoms with Crippen LogP contribution in [-0.4, -0.2) is 0 Å². The minimum Gasteiger partial charge on any atom is -0.381 e. The Bertz CT molecular complexity index is 499. The normalized spacial score (nSPS) is 10.4. The highest BCUT2D eigenvalue weighted by Crippen LogP contribution is 2.15. The largest absolute Gasteiger partial charge is 0.381 e. The summed E-state index contributed by atoms with van der Waals surface area (Å²) in [5.74, 6) is 0. The first-order valence-electron chi connectivity index (χ1n) is 7.02. The summed E-state index contributed by atoms with van der Waals surface area (Å²) in [5.41, 5.74) is 4.89. The highest BCUT2D eigenvalue weighted by molar-refractivity contribution is 5.52. The fourth-order valence-corrected chi connectivity index (χ4v) is 2.09. The monoisotopic (exact) mass is 252 g/mol. The second-order valence-electron chi connectivity index (χ2n) is 4.93. The standard InChI is InChI=1S/C18H22N/c1-3-4-8-16-10-12-17(13-11-16)14-19-18-9-6-5-7-15(18)2/h5-7,9-13,19H,2-4,8,14H2,1H3. The summed E-state index contributed by atoms with van der Waals surface area (Å²) in [6.45, 7) is 7.10. The molecule has 0 aromatic heterocycles. The van der Waals surface area contributed by atoms with E-state index in [4.69, 9.17) is 0 Å². The third-order valence-corrected chi connectivity index (χ3v) is 3.34. The van der Waals surface area contributed by atoms with Crippen LogP contribution in [0.1, 0.15) is 36.5 Å². The zero-order valence-electron chi connectivity index (χ0n) is 11.7. The molecule has 1 N–H and O–H groups in total. The van der Waals surface area contributed by atoms with Gasteiger partial charge in [-0.15, -0.1) is 0 Å². The van der Waals surface area contributed by atoms with Crippen molar-refractivity contribution in [1.29, 1.82) is 0 Å². The number of unbranched alkanes of at least 4 members (excludes halogenated alkanes) is 1. The van der Waals surface area contributed by atoms with Crippen LogP contribution in [0.4, 0.5) is 5.69 Å². The van der Waals surface area contributed by atoms with Crippen molar-refractivity contribution in [3.8, 4) is 0 Å². The Hall–Kier alpha value is -1.76. The van der Waals surface area contributed by atoms with Gasteiger partial charge in [-0.1, -0.05) is 55.8 Å². The first-order valence-corrected chi connectivity index (χ1v) is 7.02. The highest BCUT2D eigenvalue weighted by atomic mass is 14.9. The Labute approximate surface area is 116 Å². The molecule has 2 rings (SSSR count). The molecule has 2 aromatic rings. The number of nitrogens with one attached hydrogen (secondary N) is 1. The average Bonchev–Trinajstić information content (AvgIpc) is 2.45. The molecule has 0 amide bonds. The van der Waals surface area contributed by atoms with E-state index in [1.54, 1.807) is 0 Å². The lowest BCUT2D eigenvalue weighted by atomic mass is 10.1. The third-order valence-electron chi connectivity index (χ3n) is 3.34. The minimum atomic E-state index is 0.848. The summed E-state index contributed by atoms with van der Waals surface area (Å²) < 4.78 is 0. The average molecular weight is 252 g/mol. The van der Waals surface area contributed by atoms with E-state index < -0.39 is 0 Å². The van der Waals surface area contributed by atoms with E-state index in [1.165, 1.54) is 30.4 Å². The molecule has 0 aliphatic carbocycles. The van der Waals surface area contributed by atoms with Gasteiger partial charge in [0.15, 0.2) is 0 Å². The number of hydrogen-bond donors (Lipinski definition) is 1. The molecule has 99 valence electrons. The number of anilines is 1. The molecule has 0 fully saturated rings. The smallest absolute Gasteiger partial charge is 0.0400 e. The van der Waals surface area contributed by atoms with Crippen molar-refractivity contribution in [2.45, 2.75) is 32.7 Å². The molecule has 0 bridgehead atoms. The van der Waals surface area contributed by atoms with Crippen molar-refractivity contribution in [3.63, 3.8) is 0 Å². The number of benzene rings is 2. The van der Waals surface area contributed by atoms with Crippen LogP contribution in [0.5, 0.6) is 0 Å². The number of rotatable bonds is 6. The molecule has 0 atom stereocenters. The van der Waals surface area contributed by atoms with Crippen LogP contribution < -0.4 is 5.32 Å². The summed E-state index contributed by atoms with van der Waals surface area (Å²) in [6, 6.07) is 17.0. The summed E-state index contributed by atoms with van der Waals surface area (Å²) >= 11 is 0. The van der Waals surface area contributed by atoms with E-state index in [-0.39, 0.29) is 0 Å². The summed E-state index contributed by atoms with van der Waals surface area (Å²) in [7, 11) is 0. The molecule has 1 heteroatoms. The molecule has 0 saturated carbocycles. The molecule has 0 unspecified atom stereocenters. The molecule has 0 aliphatic heterocycles. The Kier molecular flexibility index (Phi) is 5.02. The van der Waals surface area contributed by atoms with Crippen molar-refractivity contribution < 1.29 is 0 Å². The number of hydrogen-bond acceptors (Lipinski definition) is 1. The van der Waals surface area contributed by atoms with Crippen LogP contribution >= 0.6 is 0 Å². The predicted molar refractivity (Wildman–Crippen MR) is 83.3 cm³/mol. The van der Waals surface area contributed by atoms with Crippen LogP contribution in [0.3, 0.4) is 0 Å². The maximum absolute atomic E-state index is 4.02. The molecular weight excluding hydrogens is 230 g/mol. The van der Waals surface area contributed by atoms with Crippen molar-refractivity contribution in [2.75, 3.05) is 5.32 Å². The summed E-state index contributed by atoms with van der Waals surface area (Å²) in [4.78, 5) is 0. The molecular formula is C18H22N. The first kappa shape index (κ1) is 13.7. The number of aryl methyl sites for hydroxylation is 1. The van der Waals surface area contributed by atoms with Gasteiger partial charge in [-0.2, -0.15) is 0 Å². The molecule has 0 aliphatic rings. The zero-order chi connectivity index (χ0) is 13.5. The summed E-state index contributed by atoms with van der Waals surface area (Å²) in [5, 5.41) is 3.43. The van der Waals surface area contributed by atoms with Gasteiger partial charge in [0.2, 0.25) is 0 Å². The summed E-state index contributed by atoms with van der Waals surface area (Å²) in [6.07, 6.45) is 3.71. The van der Waals surface area contributed by atoms with E-state index in [0.29, 0.717) is 0 Å². The first-order chi connectivity index (χ1) is 9.29. The van der Waals surface area contributed by atoms with E-state index >= 15 is 0 Å². The Morgan fingerprint density at radius 1 is 0.947 bits per heavy atom. The van der Waals surface area contributed by atoms with Gasteiger partial charge in [0.05, 0.1) is 0 Å². The lowest BCUT2D eigenvalue weighted by molar-refractivity contribution is 0.794. The fraction of sp³-hybridized carbons (Fsp3) is 0.278. The van der Waals surface area contributed by atoms with Crippen LogP contribution in [0.15, 0.2) is 48.5 Å². The minimum absolute atomic E-state index is 0.848. The van der Waals surface area contributed by atoms with E-state index in [1.807, 2.05) is 18.2 Å². The van der Waals surface area contributed by atoms with Crippen molar-refractivity contribution in [1.82, 2.24) is 0 Å². The van der Waals surface area contributed by atoms with Crippen molar-refractivity contribution in [2.24, 2.45) is 0 Å². The van der Waals surface area contributed by atoms with Crippen LogP contribution in [0.25, 0.3) is 0 Å². The van der Waals surface area contributed by atoms with Gasteiger partial charge >= 0.3 is 0 Å². The lowest BCUT2D eigenvalue weighted by Gasteiger charge is -2.09. The van der Waals surface area contributed by atoms with E-state index in [0.717, 1.165) is 17.8 Å². The van der Waals surface area contributed by atoms with Gasteiger partial charge in [-0.25, -0.2) is 0 Å². The van der Waals surface area contributed by atoms with Crippen LogP contribution in [0, 0.1) is 6.92 Å². The second-order valence-corrected chi connectivity index (χ2v) is 4.93. The molecule has 0 saturated heterocycles. The predicted octanol–water partition coefficient (Wildman–Crippen LogP) is 4.82. The Morgan fingerprint density at radius 3 is 2.32 bits per heavy atom. The highest BCUT2D eigenvalue weighted by Gasteiger charge is 1.98. The van der Waals surface area contributed by atoms with Gasteiger partial charge in [0.25, 0.3) is 0 Å². The number of para-hydroxylation sites is 1. The van der Waals surface area contributed by atoms with E-state index in [2.05, 4.69) is 49.5 Å². The van der Waals surface area contributed by atoms with Crippen molar-refractivity contribution in [3.05, 3.63) is 72.1 Å². The maximum Gasteiger partial charge on any atom is 0.0400 e. The Balaban J connectivity index is 1.91. The molecule has 19 heavy (non-hydrogen) atoms. The maximum atomic E-state index is 4.02. The third kappa shape index (κ3) is 4.13. The molecule has 0 spiro atoms. The van der Waals surface area contributed by atoms with Gasteiger partial charge in [0.1, 0.15) is 0 Å². The molecule has 2 aromatic carbocycles. The van der Waals surface area contributed by atoms with Crippen molar-refractivity contribution >= 4 is 5.69 Å². The quantitative estimate of drug-likeness (QED) is 0.777. The SMILES string of the molecule is [CH2]c1ccccc1NCc1ccc(CCCC)cc1. The van der Waals surface area contributed by atoms with Crippen LogP contribution in [0.2, 0.25) is 0 Å². The van der Waals surface area contributed by atoms with Gasteiger partial charge in [-0.3, -0.25) is 0 Å². The van der Waals surface area contributed by atoms with Gasteiger partial charge in [-0.05, 0) is 42.5 Å². The molecule has 0 heterocycles. The second kappa shape index (κ2) is 6.98. The Morgan fingerprint density at radius 2 is 1.63 bits per heavy atom. The van der Waals surface area contributed by atoms with E-state index in [9.17, 15) is 0 Å². The van der Waals surface area contributed by atoms with Gasteiger partial charge in [0, 0.05) is 12.2 Å². The molecule has 1 nitrogen and oxygen atoms in total.